The van der Waals surface area contributed by atoms with Crippen molar-refractivity contribution in [2.45, 2.75) is 12.0 Å². The number of nitrogens with one attached hydrogen (secondary N) is 1. The van der Waals surface area contributed by atoms with Crippen LogP contribution in [0, 0.1) is 0 Å². The van der Waals surface area contributed by atoms with Gasteiger partial charge in [0, 0.05) is 20.8 Å². The Morgan fingerprint density at radius 1 is 1.57 bits per heavy atom. The molecule has 1 atom stereocenters. The van der Waals surface area contributed by atoms with Gasteiger partial charge in [-0.2, -0.15) is 0 Å². The summed E-state index contributed by atoms with van der Waals surface area (Å²) in [5.74, 6) is -2.47. The second-order valence-electron chi connectivity index (χ2n) is 2.76. The zero-order valence-electron chi connectivity index (χ0n) is 8.11. The van der Waals surface area contributed by atoms with Crippen LogP contribution in [-0.2, 0) is 23.8 Å². The molecule has 0 bridgehead atoms. The zero-order chi connectivity index (χ0) is 10.6. The molecule has 1 N–H and O–H groups in total. The fourth-order valence-electron chi connectivity index (χ4n) is 1.38. The molecule has 1 aliphatic heterocycles. The molecule has 6 heteroatoms. The van der Waals surface area contributed by atoms with E-state index in [1.807, 2.05) is 0 Å². The summed E-state index contributed by atoms with van der Waals surface area (Å²) < 4.78 is 15.0. The van der Waals surface area contributed by atoms with Gasteiger partial charge in [0.15, 0.2) is 12.5 Å². The summed E-state index contributed by atoms with van der Waals surface area (Å²) in [5, 5.41) is 2.86. The van der Waals surface area contributed by atoms with Gasteiger partial charge in [0.1, 0.15) is 0 Å². The molecule has 0 amide bonds. The number of ketones is 1. The normalized spacial score (nSPS) is 22.3. The molecule has 0 radical (unpaired) electrons. The van der Waals surface area contributed by atoms with Gasteiger partial charge >= 0.3 is 0 Å². The molecule has 0 spiro atoms. The van der Waals surface area contributed by atoms with Crippen LogP contribution in [0.1, 0.15) is 0 Å². The summed E-state index contributed by atoms with van der Waals surface area (Å²) in [6, 6.07) is 0. The molecule has 1 fully saturated rings. The molecule has 1 heterocycles. The molecule has 80 valence electrons. The molecule has 1 aliphatic rings. The third-order valence-electron chi connectivity index (χ3n) is 2.12. The molecule has 14 heavy (non-hydrogen) atoms. The van der Waals surface area contributed by atoms with Crippen molar-refractivity contribution in [2.75, 3.05) is 27.4 Å². The van der Waals surface area contributed by atoms with Gasteiger partial charge in [0.25, 0.3) is 11.6 Å². The van der Waals surface area contributed by atoms with Gasteiger partial charge in [0.2, 0.25) is 0 Å². The van der Waals surface area contributed by atoms with E-state index in [4.69, 9.17) is 14.2 Å². The third kappa shape index (κ3) is 1.69. The van der Waals surface area contributed by atoms with Crippen molar-refractivity contribution in [2.24, 2.45) is 0 Å². The molecule has 1 saturated heterocycles. The highest BCUT2D eigenvalue weighted by atomic mass is 16.7. The number of ether oxygens (including phenoxy) is 3. The number of carbonyl (C=O) groups is 2. The number of hydrogen-bond acceptors (Lipinski definition) is 6. The molecule has 6 nitrogen and oxygen atoms in total. The SMILES string of the molecule is COC(OC)(C(=O)C=O)C1NCCO1. The summed E-state index contributed by atoms with van der Waals surface area (Å²) in [6.45, 7) is 1.04. The second-order valence-corrected chi connectivity index (χ2v) is 2.76. The van der Waals surface area contributed by atoms with Gasteiger partial charge < -0.3 is 14.2 Å². The van der Waals surface area contributed by atoms with Crippen LogP contribution < -0.4 is 5.32 Å². The van der Waals surface area contributed by atoms with E-state index in [9.17, 15) is 9.59 Å². The fraction of sp³-hybridized carbons (Fsp3) is 0.750. The first-order valence-corrected chi connectivity index (χ1v) is 4.16. The quantitative estimate of drug-likeness (QED) is 0.340. The predicted molar refractivity (Wildman–Crippen MR) is 45.6 cm³/mol. The Labute approximate surface area is 81.5 Å². The van der Waals surface area contributed by atoms with Crippen LogP contribution in [0.3, 0.4) is 0 Å². The van der Waals surface area contributed by atoms with E-state index >= 15 is 0 Å². The second kappa shape index (κ2) is 4.61. The minimum Gasteiger partial charge on any atom is -0.356 e. The lowest BCUT2D eigenvalue weighted by Gasteiger charge is -2.31. The summed E-state index contributed by atoms with van der Waals surface area (Å²) >= 11 is 0. The van der Waals surface area contributed by atoms with Crippen molar-refractivity contribution < 1.29 is 23.8 Å². The van der Waals surface area contributed by atoms with Crippen molar-refractivity contribution in [3.8, 4) is 0 Å². The van der Waals surface area contributed by atoms with Gasteiger partial charge in [-0.3, -0.25) is 14.9 Å². The smallest absolute Gasteiger partial charge is 0.277 e. The topological polar surface area (TPSA) is 73.9 Å². The van der Waals surface area contributed by atoms with Crippen LogP contribution in [0.25, 0.3) is 0 Å². The zero-order valence-corrected chi connectivity index (χ0v) is 8.11. The van der Waals surface area contributed by atoms with E-state index in [-0.39, 0.29) is 6.29 Å². The Balaban J connectivity index is 2.88. The standard InChI is InChI=1S/C8H13NO5/c1-12-8(13-2,6(11)5-10)7-9-3-4-14-7/h5,7,9H,3-4H2,1-2H3. The van der Waals surface area contributed by atoms with Crippen molar-refractivity contribution >= 4 is 12.1 Å². The highest BCUT2D eigenvalue weighted by Gasteiger charge is 2.49. The van der Waals surface area contributed by atoms with E-state index in [1.54, 1.807) is 0 Å². The molecular formula is C8H13NO5. The number of carbonyl (C=O) groups excluding carboxylic acids is 2. The number of rotatable bonds is 5. The Bertz CT molecular complexity index is 220. The Morgan fingerprint density at radius 2 is 2.21 bits per heavy atom. The van der Waals surface area contributed by atoms with Crippen LogP contribution in [0.5, 0.6) is 0 Å². The van der Waals surface area contributed by atoms with E-state index in [2.05, 4.69) is 5.32 Å². The van der Waals surface area contributed by atoms with Crippen LogP contribution >= 0.6 is 0 Å². The lowest BCUT2D eigenvalue weighted by molar-refractivity contribution is -0.248. The fourth-order valence-corrected chi connectivity index (χ4v) is 1.38. The maximum atomic E-state index is 11.3. The summed E-state index contributed by atoms with van der Waals surface area (Å²) in [7, 11) is 2.57. The van der Waals surface area contributed by atoms with Gasteiger partial charge in [-0.15, -0.1) is 0 Å². The summed E-state index contributed by atoms with van der Waals surface area (Å²) in [5.41, 5.74) is 0. The summed E-state index contributed by atoms with van der Waals surface area (Å²) in [4.78, 5) is 21.8. The minimum absolute atomic E-state index is 0.163. The summed E-state index contributed by atoms with van der Waals surface area (Å²) in [6.07, 6.45) is -0.578. The first kappa shape index (κ1) is 11.3. The minimum atomic E-state index is -1.67. The predicted octanol–water partition coefficient (Wildman–Crippen LogP) is -1.31. The average Bonchev–Trinajstić information content (AvgIpc) is 2.74. The maximum Gasteiger partial charge on any atom is 0.277 e. The van der Waals surface area contributed by atoms with E-state index in [0.717, 1.165) is 0 Å². The molecular weight excluding hydrogens is 190 g/mol. The van der Waals surface area contributed by atoms with Gasteiger partial charge in [0.05, 0.1) is 6.61 Å². The number of methoxy groups -OCH3 is 2. The molecule has 0 aromatic rings. The highest BCUT2D eigenvalue weighted by molar-refractivity contribution is 6.28. The van der Waals surface area contributed by atoms with Crippen molar-refractivity contribution in [3.05, 3.63) is 0 Å². The van der Waals surface area contributed by atoms with Gasteiger partial charge in [-0.25, -0.2) is 0 Å². The Hall–Kier alpha value is -0.820. The van der Waals surface area contributed by atoms with E-state index in [1.165, 1.54) is 14.2 Å². The van der Waals surface area contributed by atoms with Crippen LogP contribution in [0.4, 0.5) is 0 Å². The first-order chi connectivity index (χ1) is 6.71. The molecule has 0 saturated carbocycles. The van der Waals surface area contributed by atoms with Crippen molar-refractivity contribution in [1.82, 2.24) is 5.32 Å². The van der Waals surface area contributed by atoms with Crippen LogP contribution in [0.2, 0.25) is 0 Å². The Kier molecular flexibility index (Phi) is 3.70. The largest absolute Gasteiger partial charge is 0.356 e. The van der Waals surface area contributed by atoms with Crippen LogP contribution in [0.15, 0.2) is 0 Å². The van der Waals surface area contributed by atoms with E-state index < -0.39 is 17.8 Å². The van der Waals surface area contributed by atoms with Gasteiger partial charge in [-0.1, -0.05) is 0 Å². The molecule has 1 rings (SSSR count). The van der Waals surface area contributed by atoms with E-state index in [0.29, 0.717) is 13.2 Å². The van der Waals surface area contributed by atoms with Crippen molar-refractivity contribution in [3.63, 3.8) is 0 Å². The number of Topliss-reactive ketones (excluding diaryl/α,β-unsaturated/α-hetero) is 1. The number of hydrogen-bond donors (Lipinski definition) is 1. The highest BCUT2D eigenvalue weighted by Crippen LogP contribution is 2.20. The molecule has 1 unspecified atom stereocenters. The molecule has 0 aromatic carbocycles. The lowest BCUT2D eigenvalue weighted by atomic mass is 10.1. The molecule has 0 aromatic heterocycles. The van der Waals surface area contributed by atoms with Crippen LogP contribution in [-0.4, -0.2) is 51.5 Å². The Morgan fingerprint density at radius 3 is 2.57 bits per heavy atom. The molecule has 0 aliphatic carbocycles. The lowest BCUT2D eigenvalue weighted by Crippen LogP contribution is -2.57. The average molecular weight is 203 g/mol. The third-order valence-corrected chi connectivity index (χ3v) is 2.12. The monoisotopic (exact) mass is 203 g/mol. The number of aldehydes is 1. The van der Waals surface area contributed by atoms with Crippen molar-refractivity contribution in [1.29, 1.82) is 0 Å². The first-order valence-electron chi connectivity index (χ1n) is 4.16. The maximum absolute atomic E-state index is 11.3. The van der Waals surface area contributed by atoms with Gasteiger partial charge in [-0.05, 0) is 0 Å².